The lowest BCUT2D eigenvalue weighted by molar-refractivity contribution is -0.112. The van der Waals surface area contributed by atoms with Crippen molar-refractivity contribution in [3.05, 3.63) is 64.5 Å². The van der Waals surface area contributed by atoms with Crippen molar-refractivity contribution in [2.45, 2.75) is 108 Å². The quantitative estimate of drug-likeness (QED) is 0.228. The summed E-state index contributed by atoms with van der Waals surface area (Å²) in [5.41, 5.74) is 3.75. The Morgan fingerprint density at radius 2 is 1.83 bits per heavy atom. The fraction of sp³-hybridized carbons (Fsp3) is 0.559. The van der Waals surface area contributed by atoms with Gasteiger partial charge in [-0.15, -0.1) is 11.8 Å². The van der Waals surface area contributed by atoms with Crippen molar-refractivity contribution < 1.29 is 18.8 Å². The highest BCUT2D eigenvalue weighted by Gasteiger charge is 2.52. The van der Waals surface area contributed by atoms with E-state index in [1.807, 2.05) is 24.3 Å². The highest BCUT2D eigenvalue weighted by molar-refractivity contribution is 7.98. The van der Waals surface area contributed by atoms with Crippen LogP contribution in [0.3, 0.4) is 0 Å². The fourth-order valence-electron chi connectivity index (χ4n) is 8.83. The summed E-state index contributed by atoms with van der Waals surface area (Å²) in [7, 11) is 0. The number of fused-ring (bicyclic) bond motifs is 3. The Hall–Kier alpha value is -2.51. The second-order valence-corrected chi connectivity index (χ2v) is 15.0. The molecule has 7 heteroatoms. The van der Waals surface area contributed by atoms with E-state index in [-0.39, 0.29) is 23.7 Å². The summed E-state index contributed by atoms with van der Waals surface area (Å²) in [6.07, 6.45) is 8.17. The number of nitrogens with one attached hydrogen (secondary N) is 1. The summed E-state index contributed by atoms with van der Waals surface area (Å²) in [5.74, 6) is 0.972. The maximum absolute atomic E-state index is 15.3. The molecule has 2 saturated carbocycles. The highest BCUT2D eigenvalue weighted by Crippen LogP contribution is 2.59. The van der Waals surface area contributed by atoms with E-state index in [2.05, 4.69) is 33.0 Å². The van der Waals surface area contributed by atoms with Crippen LogP contribution in [0.5, 0.6) is 0 Å². The van der Waals surface area contributed by atoms with Gasteiger partial charge in [-0.2, -0.15) is 0 Å². The zero-order valence-electron chi connectivity index (χ0n) is 24.8. The maximum atomic E-state index is 15.3. The van der Waals surface area contributed by atoms with E-state index in [4.69, 9.17) is 0 Å². The van der Waals surface area contributed by atoms with Crippen molar-refractivity contribution in [2.75, 3.05) is 0 Å². The molecular weight excluding hydrogens is 535 g/mol. The van der Waals surface area contributed by atoms with E-state index in [0.29, 0.717) is 47.2 Å². The van der Waals surface area contributed by atoms with Crippen molar-refractivity contribution in [2.24, 2.45) is 16.7 Å². The van der Waals surface area contributed by atoms with Crippen LogP contribution in [-0.4, -0.2) is 35.0 Å². The molecule has 1 aliphatic heterocycles. The summed E-state index contributed by atoms with van der Waals surface area (Å²) >= 11 is 1.57. The Balaban J connectivity index is 1.22. The predicted molar refractivity (Wildman–Crippen MR) is 161 cm³/mol. The first-order valence-corrected chi connectivity index (χ1v) is 15.9. The first-order chi connectivity index (χ1) is 19.5. The molecule has 2 aromatic carbocycles. The highest BCUT2D eigenvalue weighted by atomic mass is 32.2. The van der Waals surface area contributed by atoms with Gasteiger partial charge in [0, 0.05) is 46.8 Å². The molecule has 5 rings (SSSR count). The number of amides is 1. The molecule has 1 heterocycles. The standard InChI is InChI=1S/C34H43FN2O3S/c1-23-14-32(2)20-33(3,15-23)22-34(4,21-32)36-16-25-11-10-24(13-29(25)35)19-41-30-9-5-8-27-28(30)17-37(31(27)40)26(18-39)7-6-12-38/h5,8-13,18,23,26,36H,6-7,14-17,19-22H2,1-4H3. The van der Waals surface area contributed by atoms with Crippen molar-refractivity contribution >= 4 is 30.2 Å². The number of aldehydes is 2. The van der Waals surface area contributed by atoms with Crippen LogP contribution in [0.4, 0.5) is 4.39 Å². The number of rotatable bonds is 11. The fourth-order valence-corrected chi connectivity index (χ4v) is 9.85. The molecule has 41 heavy (non-hydrogen) atoms. The SMILES string of the molecule is CC1CC2(C)CC(C)(C1)CC(C)(NCc1ccc(CSc3cccc4c3CN(C(C=O)CCC=O)C4=O)cc1F)C2. The van der Waals surface area contributed by atoms with Gasteiger partial charge in [-0.1, -0.05) is 39.0 Å². The number of carbonyl (C=O) groups excluding carboxylic acids is 3. The molecule has 220 valence electrons. The molecule has 3 unspecified atom stereocenters. The topological polar surface area (TPSA) is 66.5 Å². The zero-order chi connectivity index (χ0) is 29.4. The number of carbonyl (C=O) groups is 3. The molecule has 2 aromatic rings. The van der Waals surface area contributed by atoms with Crippen LogP contribution in [0.25, 0.3) is 0 Å². The van der Waals surface area contributed by atoms with Crippen LogP contribution >= 0.6 is 11.8 Å². The van der Waals surface area contributed by atoms with Crippen LogP contribution in [0, 0.1) is 22.6 Å². The van der Waals surface area contributed by atoms with Crippen molar-refractivity contribution in [1.82, 2.24) is 10.2 Å². The summed E-state index contributed by atoms with van der Waals surface area (Å²) in [5, 5.41) is 3.76. The summed E-state index contributed by atoms with van der Waals surface area (Å²) in [6, 6.07) is 10.5. The van der Waals surface area contributed by atoms with E-state index in [0.717, 1.165) is 47.4 Å². The molecule has 1 amide bonds. The van der Waals surface area contributed by atoms with Gasteiger partial charge in [0.25, 0.3) is 5.91 Å². The van der Waals surface area contributed by atoms with E-state index >= 15 is 4.39 Å². The molecule has 0 radical (unpaired) electrons. The third-order valence-electron chi connectivity index (χ3n) is 9.48. The van der Waals surface area contributed by atoms with Gasteiger partial charge in [0.2, 0.25) is 0 Å². The van der Waals surface area contributed by atoms with Crippen LogP contribution in [0.2, 0.25) is 0 Å². The normalized spacial score (nSPS) is 29.7. The Morgan fingerprint density at radius 1 is 1.10 bits per heavy atom. The minimum atomic E-state index is -0.613. The molecule has 2 fully saturated rings. The average Bonchev–Trinajstić information content (AvgIpc) is 3.22. The number of nitrogens with zero attached hydrogens (tertiary/aromatic N) is 1. The van der Waals surface area contributed by atoms with Gasteiger partial charge in [0.15, 0.2) is 0 Å². The Morgan fingerprint density at radius 3 is 2.49 bits per heavy atom. The molecule has 2 aliphatic carbocycles. The second-order valence-electron chi connectivity index (χ2n) is 14.0. The van der Waals surface area contributed by atoms with E-state index < -0.39 is 6.04 Å². The molecule has 2 bridgehead atoms. The number of benzene rings is 2. The lowest BCUT2D eigenvalue weighted by atomic mass is 9.50. The Kier molecular flexibility index (Phi) is 8.51. The number of hydrogen-bond acceptors (Lipinski definition) is 5. The van der Waals surface area contributed by atoms with Crippen LogP contribution in [0.1, 0.15) is 99.7 Å². The Labute approximate surface area is 248 Å². The van der Waals surface area contributed by atoms with Gasteiger partial charge in [-0.25, -0.2) is 4.39 Å². The number of halogens is 1. The average molecular weight is 579 g/mol. The van der Waals surface area contributed by atoms with E-state index in [1.54, 1.807) is 28.8 Å². The van der Waals surface area contributed by atoms with Crippen molar-refractivity contribution in [3.63, 3.8) is 0 Å². The van der Waals surface area contributed by atoms with Gasteiger partial charge < -0.3 is 19.8 Å². The third kappa shape index (κ3) is 6.46. The first-order valence-electron chi connectivity index (χ1n) is 14.9. The van der Waals surface area contributed by atoms with E-state index in [9.17, 15) is 14.4 Å². The van der Waals surface area contributed by atoms with Gasteiger partial charge in [0.05, 0.1) is 6.04 Å². The zero-order valence-corrected chi connectivity index (χ0v) is 25.6. The van der Waals surface area contributed by atoms with Crippen molar-refractivity contribution in [3.8, 4) is 0 Å². The van der Waals surface area contributed by atoms with Crippen LogP contribution in [0.15, 0.2) is 41.3 Å². The molecule has 1 N–H and O–H groups in total. The van der Waals surface area contributed by atoms with Crippen LogP contribution < -0.4 is 5.32 Å². The monoisotopic (exact) mass is 578 g/mol. The molecule has 0 aromatic heterocycles. The smallest absolute Gasteiger partial charge is 0.255 e. The maximum Gasteiger partial charge on any atom is 0.255 e. The third-order valence-corrected chi connectivity index (χ3v) is 10.6. The van der Waals surface area contributed by atoms with Gasteiger partial charge in [-0.3, -0.25) is 4.79 Å². The lowest BCUT2D eigenvalue weighted by Gasteiger charge is -2.58. The molecule has 3 atom stereocenters. The minimum Gasteiger partial charge on any atom is -0.324 e. The van der Waals surface area contributed by atoms with Gasteiger partial charge in [-0.05, 0) is 91.5 Å². The molecule has 0 spiro atoms. The van der Waals surface area contributed by atoms with E-state index in [1.165, 1.54) is 19.3 Å². The molecule has 0 saturated heterocycles. The minimum absolute atomic E-state index is 0.00203. The first kappa shape index (κ1) is 30.0. The van der Waals surface area contributed by atoms with Gasteiger partial charge >= 0.3 is 0 Å². The van der Waals surface area contributed by atoms with Gasteiger partial charge in [0.1, 0.15) is 18.4 Å². The number of thioether (sulfide) groups is 1. The summed E-state index contributed by atoms with van der Waals surface area (Å²) in [6.45, 7) is 10.5. The number of hydrogen-bond donors (Lipinski definition) is 1. The van der Waals surface area contributed by atoms with Crippen LogP contribution in [-0.2, 0) is 28.4 Å². The Bertz CT molecular complexity index is 1310. The largest absolute Gasteiger partial charge is 0.324 e. The summed E-state index contributed by atoms with van der Waals surface area (Å²) < 4.78 is 15.3. The molecule has 5 nitrogen and oxygen atoms in total. The lowest BCUT2D eigenvalue weighted by Crippen LogP contribution is -2.56. The molecular formula is C34H43FN2O3S. The molecule has 3 aliphatic rings. The van der Waals surface area contributed by atoms with Crippen molar-refractivity contribution in [1.29, 1.82) is 0 Å². The second kappa shape index (κ2) is 11.6. The predicted octanol–water partition coefficient (Wildman–Crippen LogP) is 7.10. The summed E-state index contributed by atoms with van der Waals surface area (Å²) in [4.78, 5) is 37.9.